The molecule has 186 valence electrons. The molecule has 0 aromatic heterocycles. The second-order valence-corrected chi connectivity index (χ2v) is 12.9. The number of carbonyl (C=O) groups excluding carboxylic acids is 2. The van der Waals surface area contributed by atoms with Crippen LogP contribution in [0.2, 0.25) is 0 Å². The van der Waals surface area contributed by atoms with Crippen LogP contribution in [0.1, 0.15) is 77.0 Å². The molecule has 33 heavy (non-hydrogen) atoms. The van der Waals surface area contributed by atoms with Gasteiger partial charge in [0.15, 0.2) is 0 Å². The van der Waals surface area contributed by atoms with Crippen molar-refractivity contribution >= 4 is 21.9 Å². The molecule has 4 saturated carbocycles. The standard InChI is InChI=1S/C24H38N2O6S/c27-22(25-13-15-26(16-14-25)23(28)24(29)11-12-24)19-3-1-17(2-4-19)18-5-7-20(8-6-18)32-33(30,31)21-9-10-21/h17-21,29H,1-16H2. The van der Waals surface area contributed by atoms with Gasteiger partial charge in [0.25, 0.3) is 16.0 Å². The molecule has 0 spiro atoms. The maximum absolute atomic E-state index is 13.1. The van der Waals surface area contributed by atoms with Gasteiger partial charge >= 0.3 is 0 Å². The molecule has 1 saturated heterocycles. The minimum absolute atomic E-state index is 0.0828. The van der Waals surface area contributed by atoms with E-state index in [-0.39, 0.29) is 29.1 Å². The summed E-state index contributed by atoms with van der Waals surface area (Å²) in [5, 5.41) is 9.79. The monoisotopic (exact) mass is 482 g/mol. The summed E-state index contributed by atoms with van der Waals surface area (Å²) in [7, 11) is -3.35. The lowest BCUT2D eigenvalue weighted by Crippen LogP contribution is -2.54. The SMILES string of the molecule is O=C(C1CCC(C2CCC(OS(=O)(=O)C3CC3)CC2)CC1)N1CCN(C(=O)C2(O)CC2)CC1. The Balaban J connectivity index is 1.02. The third-order valence-electron chi connectivity index (χ3n) is 8.71. The van der Waals surface area contributed by atoms with Crippen LogP contribution >= 0.6 is 0 Å². The van der Waals surface area contributed by atoms with Crippen LogP contribution in [0.25, 0.3) is 0 Å². The average Bonchev–Trinajstić information content (AvgIpc) is 3.75. The van der Waals surface area contributed by atoms with Crippen LogP contribution in [0.3, 0.4) is 0 Å². The molecule has 0 aromatic carbocycles. The van der Waals surface area contributed by atoms with Gasteiger partial charge < -0.3 is 14.9 Å². The molecular weight excluding hydrogens is 444 g/mol. The van der Waals surface area contributed by atoms with Crippen LogP contribution in [-0.2, 0) is 23.9 Å². The molecular formula is C24H38N2O6S. The van der Waals surface area contributed by atoms with Crippen molar-refractivity contribution < 1.29 is 27.3 Å². The molecule has 2 amide bonds. The van der Waals surface area contributed by atoms with Gasteiger partial charge in [-0.25, -0.2) is 0 Å². The van der Waals surface area contributed by atoms with E-state index in [1.807, 2.05) is 4.90 Å². The van der Waals surface area contributed by atoms with Crippen LogP contribution in [0, 0.1) is 17.8 Å². The molecule has 9 heteroatoms. The number of hydrogen-bond acceptors (Lipinski definition) is 6. The summed E-state index contributed by atoms with van der Waals surface area (Å²) in [5.41, 5.74) is -1.12. The quantitative estimate of drug-likeness (QED) is 0.581. The number of piperazine rings is 1. The van der Waals surface area contributed by atoms with E-state index in [0.717, 1.165) is 64.2 Å². The van der Waals surface area contributed by atoms with Gasteiger partial charge in [0.05, 0.1) is 11.4 Å². The molecule has 0 aromatic rings. The van der Waals surface area contributed by atoms with Crippen LogP contribution in [0.4, 0.5) is 0 Å². The van der Waals surface area contributed by atoms with Crippen molar-refractivity contribution in [1.29, 1.82) is 0 Å². The van der Waals surface area contributed by atoms with E-state index in [9.17, 15) is 23.1 Å². The first kappa shape index (κ1) is 23.5. The molecule has 1 N–H and O–H groups in total. The Labute approximate surface area is 197 Å². The van der Waals surface area contributed by atoms with Crippen LogP contribution in [0.5, 0.6) is 0 Å². The summed E-state index contributed by atoms with van der Waals surface area (Å²) >= 11 is 0. The lowest BCUT2D eigenvalue weighted by atomic mass is 9.70. The zero-order valence-electron chi connectivity index (χ0n) is 19.5. The molecule has 1 aliphatic heterocycles. The van der Waals surface area contributed by atoms with Gasteiger partial charge in [-0.15, -0.1) is 0 Å². The highest BCUT2D eigenvalue weighted by Crippen LogP contribution is 2.42. The van der Waals surface area contributed by atoms with Gasteiger partial charge in [-0.1, -0.05) is 0 Å². The van der Waals surface area contributed by atoms with E-state index in [4.69, 9.17) is 4.18 Å². The van der Waals surface area contributed by atoms with Crippen molar-refractivity contribution in [2.75, 3.05) is 26.2 Å². The number of rotatable bonds is 6. The minimum Gasteiger partial charge on any atom is -0.380 e. The number of amides is 2. The fourth-order valence-corrected chi connectivity index (χ4v) is 7.58. The Morgan fingerprint density at radius 1 is 0.758 bits per heavy atom. The van der Waals surface area contributed by atoms with E-state index in [2.05, 4.69) is 0 Å². The van der Waals surface area contributed by atoms with Crippen LogP contribution < -0.4 is 0 Å². The Hall–Kier alpha value is -1.19. The lowest BCUT2D eigenvalue weighted by molar-refractivity contribution is -0.148. The molecule has 5 rings (SSSR count). The summed E-state index contributed by atoms with van der Waals surface area (Å²) < 4.78 is 29.7. The minimum atomic E-state index is -3.35. The molecule has 0 unspecified atom stereocenters. The molecule has 0 radical (unpaired) electrons. The highest BCUT2D eigenvalue weighted by Gasteiger charge is 2.50. The van der Waals surface area contributed by atoms with E-state index in [1.165, 1.54) is 0 Å². The summed E-state index contributed by atoms with van der Waals surface area (Å²) in [6, 6.07) is 0. The van der Waals surface area contributed by atoms with Crippen LogP contribution in [-0.4, -0.2) is 78.3 Å². The normalized spacial score (nSPS) is 34.7. The molecule has 5 fully saturated rings. The number of aliphatic hydroxyl groups is 1. The van der Waals surface area contributed by atoms with Gasteiger partial charge in [-0.05, 0) is 88.9 Å². The van der Waals surface area contributed by atoms with E-state index in [1.54, 1.807) is 4.90 Å². The van der Waals surface area contributed by atoms with Crippen molar-refractivity contribution in [3.63, 3.8) is 0 Å². The van der Waals surface area contributed by atoms with Gasteiger partial charge in [0, 0.05) is 32.1 Å². The fraction of sp³-hybridized carbons (Fsp3) is 0.917. The molecule has 1 heterocycles. The fourth-order valence-electron chi connectivity index (χ4n) is 6.13. The Kier molecular flexibility index (Phi) is 6.50. The molecule has 5 aliphatic rings. The summed E-state index contributed by atoms with van der Waals surface area (Å²) in [6.07, 6.45) is 10.2. The van der Waals surface area contributed by atoms with E-state index in [0.29, 0.717) is 50.9 Å². The summed E-state index contributed by atoms with van der Waals surface area (Å²) in [5.74, 6) is 1.39. The zero-order valence-corrected chi connectivity index (χ0v) is 20.3. The van der Waals surface area contributed by atoms with Gasteiger partial charge in [0.1, 0.15) is 5.60 Å². The van der Waals surface area contributed by atoms with Crippen molar-refractivity contribution in [2.45, 2.75) is 94.0 Å². The van der Waals surface area contributed by atoms with Crippen molar-refractivity contribution in [2.24, 2.45) is 17.8 Å². The maximum atomic E-state index is 13.1. The summed E-state index contributed by atoms with van der Waals surface area (Å²) in [6.45, 7) is 2.16. The third-order valence-corrected chi connectivity index (χ3v) is 10.5. The smallest absolute Gasteiger partial charge is 0.270 e. The van der Waals surface area contributed by atoms with E-state index >= 15 is 0 Å². The Morgan fingerprint density at radius 3 is 1.79 bits per heavy atom. The van der Waals surface area contributed by atoms with Crippen molar-refractivity contribution in [3.05, 3.63) is 0 Å². The van der Waals surface area contributed by atoms with Gasteiger partial charge in [-0.3, -0.25) is 13.8 Å². The molecule has 8 nitrogen and oxygen atoms in total. The first-order chi connectivity index (χ1) is 15.7. The second kappa shape index (κ2) is 9.11. The van der Waals surface area contributed by atoms with Crippen molar-refractivity contribution in [3.8, 4) is 0 Å². The first-order valence-corrected chi connectivity index (χ1v) is 14.4. The predicted molar refractivity (Wildman–Crippen MR) is 122 cm³/mol. The lowest BCUT2D eigenvalue weighted by Gasteiger charge is -2.40. The number of carbonyl (C=O) groups is 2. The van der Waals surface area contributed by atoms with Crippen LogP contribution in [0.15, 0.2) is 0 Å². The number of hydrogen-bond donors (Lipinski definition) is 1. The predicted octanol–water partition coefficient (Wildman–Crippen LogP) is 2.06. The first-order valence-electron chi connectivity index (χ1n) is 13.0. The highest BCUT2D eigenvalue weighted by atomic mass is 32.2. The van der Waals surface area contributed by atoms with Gasteiger partial charge in [0.2, 0.25) is 5.91 Å². The Bertz CT molecular complexity index is 844. The second-order valence-electron chi connectivity index (χ2n) is 11.1. The summed E-state index contributed by atoms with van der Waals surface area (Å²) in [4.78, 5) is 29.0. The van der Waals surface area contributed by atoms with E-state index < -0.39 is 15.7 Å². The molecule has 0 bridgehead atoms. The molecule has 0 atom stereocenters. The third kappa shape index (κ3) is 5.25. The Morgan fingerprint density at radius 2 is 1.27 bits per heavy atom. The van der Waals surface area contributed by atoms with Gasteiger partial charge in [-0.2, -0.15) is 8.42 Å². The largest absolute Gasteiger partial charge is 0.380 e. The van der Waals surface area contributed by atoms with Crippen molar-refractivity contribution in [1.82, 2.24) is 9.80 Å². The number of nitrogens with zero attached hydrogens (tertiary/aromatic N) is 2. The maximum Gasteiger partial charge on any atom is 0.270 e. The zero-order chi connectivity index (χ0) is 23.2. The highest BCUT2D eigenvalue weighted by molar-refractivity contribution is 7.87. The topological polar surface area (TPSA) is 104 Å². The molecule has 4 aliphatic carbocycles. The average molecular weight is 483 g/mol.